The molecule has 0 amide bonds. The van der Waals surface area contributed by atoms with E-state index in [1.165, 1.54) is 31.7 Å². The van der Waals surface area contributed by atoms with Crippen molar-refractivity contribution >= 4 is 17.7 Å². The van der Waals surface area contributed by atoms with Crippen LogP contribution in [-0.2, 0) is 5.75 Å². The maximum absolute atomic E-state index is 10.6. The van der Waals surface area contributed by atoms with Crippen LogP contribution in [0.3, 0.4) is 0 Å². The molecule has 1 aliphatic carbocycles. The predicted octanol–water partition coefficient (Wildman–Crippen LogP) is 3.18. The zero-order valence-electron chi connectivity index (χ0n) is 9.89. The number of aromatic carboxylic acids is 1. The summed E-state index contributed by atoms with van der Waals surface area (Å²) in [7, 11) is 0. The Morgan fingerprint density at radius 3 is 3.12 bits per heavy atom. The molecule has 1 aromatic rings. The highest BCUT2D eigenvalue weighted by molar-refractivity contribution is 7.99. The van der Waals surface area contributed by atoms with Crippen molar-refractivity contribution in [2.24, 2.45) is 5.92 Å². The van der Waals surface area contributed by atoms with Crippen molar-refractivity contribution in [2.75, 3.05) is 0 Å². The van der Waals surface area contributed by atoms with E-state index in [1.807, 2.05) is 11.8 Å². The first kappa shape index (κ1) is 12.5. The van der Waals surface area contributed by atoms with Crippen LogP contribution in [0.15, 0.2) is 10.6 Å². The molecule has 0 aliphatic heterocycles. The molecule has 2 atom stereocenters. The molecule has 0 saturated heterocycles. The smallest absolute Gasteiger partial charge is 0.358 e. The van der Waals surface area contributed by atoms with Crippen molar-refractivity contribution in [3.63, 3.8) is 0 Å². The minimum atomic E-state index is -1.03. The van der Waals surface area contributed by atoms with Crippen molar-refractivity contribution in [1.82, 2.24) is 5.16 Å². The predicted molar refractivity (Wildman–Crippen MR) is 66.2 cm³/mol. The number of rotatable bonds is 4. The van der Waals surface area contributed by atoms with Gasteiger partial charge in [0.15, 0.2) is 5.69 Å². The normalized spacial score (nSPS) is 24.8. The molecule has 5 heteroatoms. The summed E-state index contributed by atoms with van der Waals surface area (Å²) in [6.07, 6.45) is 5.15. The first-order valence-corrected chi connectivity index (χ1v) is 7.00. The number of carboxylic acids is 1. The van der Waals surface area contributed by atoms with E-state index in [4.69, 9.17) is 9.63 Å². The van der Waals surface area contributed by atoms with Crippen molar-refractivity contribution < 1.29 is 14.4 Å². The molecule has 2 rings (SSSR count). The Morgan fingerprint density at radius 1 is 1.65 bits per heavy atom. The highest BCUT2D eigenvalue weighted by Crippen LogP contribution is 2.33. The molecule has 17 heavy (non-hydrogen) atoms. The fraction of sp³-hybridized carbons (Fsp3) is 0.667. The van der Waals surface area contributed by atoms with Crippen molar-refractivity contribution in [1.29, 1.82) is 0 Å². The van der Waals surface area contributed by atoms with Crippen molar-refractivity contribution in [3.8, 4) is 0 Å². The second kappa shape index (κ2) is 5.58. The monoisotopic (exact) mass is 255 g/mol. The summed E-state index contributed by atoms with van der Waals surface area (Å²) in [5.41, 5.74) is -0.00221. The van der Waals surface area contributed by atoms with Crippen molar-refractivity contribution in [3.05, 3.63) is 17.5 Å². The number of hydrogen-bond acceptors (Lipinski definition) is 4. The molecule has 1 heterocycles. The molecule has 0 aromatic carbocycles. The lowest BCUT2D eigenvalue weighted by Gasteiger charge is -2.25. The van der Waals surface area contributed by atoms with Crippen LogP contribution in [0.4, 0.5) is 0 Å². The topological polar surface area (TPSA) is 63.3 Å². The minimum absolute atomic E-state index is 0.00221. The Bertz CT molecular complexity index is 391. The van der Waals surface area contributed by atoms with Gasteiger partial charge in [-0.3, -0.25) is 0 Å². The molecule has 2 unspecified atom stereocenters. The fourth-order valence-corrected chi connectivity index (χ4v) is 3.55. The molecular weight excluding hydrogens is 238 g/mol. The molecule has 1 fully saturated rings. The summed E-state index contributed by atoms with van der Waals surface area (Å²) in [6, 6.07) is 1.52. The van der Waals surface area contributed by atoms with E-state index in [0.717, 1.165) is 11.7 Å². The van der Waals surface area contributed by atoms with Crippen LogP contribution in [-0.4, -0.2) is 21.5 Å². The van der Waals surface area contributed by atoms with Gasteiger partial charge in [-0.1, -0.05) is 24.9 Å². The van der Waals surface area contributed by atoms with Gasteiger partial charge >= 0.3 is 5.97 Å². The number of nitrogens with zero attached hydrogens (tertiary/aromatic N) is 1. The van der Waals surface area contributed by atoms with Crippen molar-refractivity contribution in [2.45, 2.75) is 43.6 Å². The zero-order chi connectivity index (χ0) is 12.3. The van der Waals surface area contributed by atoms with Crippen LogP contribution in [0.1, 0.15) is 48.9 Å². The quantitative estimate of drug-likeness (QED) is 0.895. The van der Waals surface area contributed by atoms with E-state index in [1.54, 1.807) is 0 Å². The molecule has 1 aromatic heterocycles. The lowest BCUT2D eigenvalue weighted by molar-refractivity contribution is 0.0685. The van der Waals surface area contributed by atoms with E-state index < -0.39 is 5.97 Å². The van der Waals surface area contributed by atoms with Gasteiger partial charge in [0, 0.05) is 11.3 Å². The van der Waals surface area contributed by atoms with Gasteiger partial charge in [-0.25, -0.2) is 4.79 Å². The van der Waals surface area contributed by atoms with Gasteiger partial charge in [0.05, 0.1) is 5.75 Å². The third-order valence-electron chi connectivity index (χ3n) is 3.13. The Hall–Kier alpha value is -0.970. The van der Waals surface area contributed by atoms with Crippen LogP contribution in [0.2, 0.25) is 0 Å². The van der Waals surface area contributed by atoms with Crippen LogP contribution in [0.25, 0.3) is 0 Å². The lowest BCUT2D eigenvalue weighted by Crippen LogP contribution is -2.15. The molecule has 4 nitrogen and oxygen atoms in total. The van der Waals surface area contributed by atoms with E-state index in [0.29, 0.717) is 11.0 Å². The molecule has 0 radical (unpaired) electrons. The molecule has 0 bridgehead atoms. The Morgan fingerprint density at radius 2 is 2.47 bits per heavy atom. The van der Waals surface area contributed by atoms with Gasteiger partial charge in [-0.2, -0.15) is 11.8 Å². The molecule has 0 spiro atoms. The summed E-state index contributed by atoms with van der Waals surface area (Å²) in [5, 5.41) is 12.9. The van der Waals surface area contributed by atoms with E-state index in [-0.39, 0.29) is 5.69 Å². The zero-order valence-corrected chi connectivity index (χ0v) is 10.7. The van der Waals surface area contributed by atoms with E-state index >= 15 is 0 Å². The van der Waals surface area contributed by atoms with Gasteiger partial charge in [0.25, 0.3) is 0 Å². The fourth-order valence-electron chi connectivity index (χ4n) is 2.21. The largest absolute Gasteiger partial charge is 0.476 e. The van der Waals surface area contributed by atoms with Gasteiger partial charge in [-0.05, 0) is 18.8 Å². The minimum Gasteiger partial charge on any atom is -0.476 e. The molecule has 1 N–H and O–H groups in total. The average Bonchev–Trinajstić information content (AvgIpc) is 2.75. The van der Waals surface area contributed by atoms with Gasteiger partial charge in [0.2, 0.25) is 0 Å². The third-order valence-corrected chi connectivity index (χ3v) is 4.48. The summed E-state index contributed by atoms with van der Waals surface area (Å²) < 4.78 is 4.99. The van der Waals surface area contributed by atoms with Gasteiger partial charge in [-0.15, -0.1) is 0 Å². The SMILES string of the molecule is CC1CCCC(SCc2cc(C(=O)O)no2)C1. The number of carbonyl (C=O) groups is 1. The number of aromatic nitrogens is 1. The highest BCUT2D eigenvalue weighted by Gasteiger charge is 2.20. The first-order valence-electron chi connectivity index (χ1n) is 5.95. The molecule has 1 saturated carbocycles. The third kappa shape index (κ3) is 3.49. The number of thioether (sulfide) groups is 1. The molecule has 1 aliphatic rings. The van der Waals surface area contributed by atoms with E-state index in [9.17, 15) is 4.79 Å². The molecule has 94 valence electrons. The van der Waals surface area contributed by atoms with Gasteiger partial charge in [0.1, 0.15) is 5.76 Å². The van der Waals surface area contributed by atoms with Crippen LogP contribution in [0.5, 0.6) is 0 Å². The number of hydrogen-bond donors (Lipinski definition) is 1. The van der Waals surface area contributed by atoms with Gasteiger partial charge < -0.3 is 9.63 Å². The maximum atomic E-state index is 10.6. The van der Waals surface area contributed by atoms with E-state index in [2.05, 4.69) is 12.1 Å². The summed E-state index contributed by atoms with van der Waals surface area (Å²) >= 11 is 1.85. The summed E-state index contributed by atoms with van der Waals surface area (Å²) in [5.74, 6) is 1.16. The standard InChI is InChI=1S/C12H17NO3S/c1-8-3-2-4-10(5-8)17-7-9-6-11(12(14)15)13-16-9/h6,8,10H,2-5,7H2,1H3,(H,14,15). The maximum Gasteiger partial charge on any atom is 0.358 e. The Labute approximate surface area is 105 Å². The highest BCUT2D eigenvalue weighted by atomic mass is 32.2. The Balaban J connectivity index is 1.82. The summed E-state index contributed by atoms with van der Waals surface area (Å²) in [4.78, 5) is 10.6. The average molecular weight is 255 g/mol. The lowest BCUT2D eigenvalue weighted by atomic mass is 9.91. The number of carboxylic acid groups (broad SMARTS) is 1. The Kier molecular flexibility index (Phi) is 4.10. The van der Waals surface area contributed by atoms with Crippen LogP contribution >= 0.6 is 11.8 Å². The first-order chi connectivity index (χ1) is 8.15. The second-order valence-electron chi connectivity index (χ2n) is 4.69. The molecular formula is C12H17NO3S. The van der Waals surface area contributed by atoms with Crippen LogP contribution in [0, 0.1) is 5.92 Å². The second-order valence-corrected chi connectivity index (χ2v) is 5.98. The van der Waals surface area contributed by atoms with Crippen LogP contribution < -0.4 is 0 Å². The summed E-state index contributed by atoms with van der Waals surface area (Å²) in [6.45, 7) is 2.30.